The van der Waals surface area contributed by atoms with Crippen molar-refractivity contribution in [2.45, 2.75) is 59.0 Å². The second kappa shape index (κ2) is 8.16. The Balaban J connectivity index is 2.17. The first-order valence-corrected chi connectivity index (χ1v) is 8.64. The number of halogens is 1. The molecule has 0 radical (unpaired) electrons. The summed E-state index contributed by atoms with van der Waals surface area (Å²) in [5, 5.41) is 9.16. The summed E-state index contributed by atoms with van der Waals surface area (Å²) in [4.78, 5) is 0. The fourth-order valence-electron chi connectivity index (χ4n) is 3.21. The van der Waals surface area contributed by atoms with Crippen LogP contribution < -0.4 is 5.32 Å². The first-order chi connectivity index (χ1) is 10.2. The smallest absolute Gasteiger partial charge is 0.0850 e. The van der Waals surface area contributed by atoms with Crippen molar-refractivity contribution in [3.63, 3.8) is 0 Å². The van der Waals surface area contributed by atoms with E-state index in [2.05, 4.69) is 35.9 Å². The third-order valence-corrected chi connectivity index (χ3v) is 4.85. The van der Waals surface area contributed by atoms with Gasteiger partial charge in [0.1, 0.15) is 0 Å². The predicted octanol–water partition coefficient (Wildman–Crippen LogP) is 3.07. The molecule has 0 bridgehead atoms. The Morgan fingerprint density at radius 2 is 2.05 bits per heavy atom. The Kier molecular flexibility index (Phi) is 6.52. The van der Waals surface area contributed by atoms with Gasteiger partial charge in [-0.1, -0.05) is 25.4 Å². The second-order valence-corrected chi connectivity index (χ2v) is 6.07. The highest BCUT2D eigenvalue weighted by atomic mass is 35.5. The van der Waals surface area contributed by atoms with E-state index in [-0.39, 0.29) is 0 Å². The van der Waals surface area contributed by atoms with Gasteiger partial charge in [-0.05, 0) is 38.6 Å². The molecular formula is C16H28ClN3O. The van der Waals surface area contributed by atoms with Crippen LogP contribution in [0.1, 0.15) is 45.0 Å². The molecule has 0 aromatic carbocycles. The van der Waals surface area contributed by atoms with Crippen LogP contribution in [-0.4, -0.2) is 35.6 Å². The first-order valence-electron chi connectivity index (χ1n) is 8.26. The van der Waals surface area contributed by atoms with E-state index in [1.54, 1.807) is 0 Å². The molecule has 1 aromatic rings. The Labute approximate surface area is 133 Å². The van der Waals surface area contributed by atoms with Gasteiger partial charge in [0.25, 0.3) is 0 Å². The quantitative estimate of drug-likeness (QED) is 0.841. The summed E-state index contributed by atoms with van der Waals surface area (Å²) in [6.45, 7) is 10.0. The zero-order chi connectivity index (χ0) is 15.2. The summed E-state index contributed by atoms with van der Waals surface area (Å²) in [5.74, 6) is 0.667. The van der Waals surface area contributed by atoms with E-state index >= 15 is 0 Å². The number of aryl methyl sites for hydroxylation is 2. The van der Waals surface area contributed by atoms with Gasteiger partial charge in [0.15, 0.2) is 0 Å². The highest BCUT2D eigenvalue weighted by Crippen LogP contribution is 2.27. The molecule has 21 heavy (non-hydrogen) atoms. The van der Waals surface area contributed by atoms with Gasteiger partial charge in [0.05, 0.1) is 16.4 Å². The standard InChI is InChI=1S/C16H28ClN3O/c1-4-13-16(17)15(20(6-3)19-13)11-14(18-5-2)12-7-9-21-10-8-12/h12,14,18H,4-11H2,1-3H3. The van der Waals surface area contributed by atoms with E-state index in [4.69, 9.17) is 16.3 Å². The lowest BCUT2D eigenvalue weighted by molar-refractivity contribution is 0.0537. The van der Waals surface area contributed by atoms with E-state index in [0.29, 0.717) is 12.0 Å². The van der Waals surface area contributed by atoms with Gasteiger partial charge < -0.3 is 10.1 Å². The molecule has 0 spiro atoms. The average molecular weight is 314 g/mol. The maximum atomic E-state index is 6.56. The molecule has 4 nitrogen and oxygen atoms in total. The van der Waals surface area contributed by atoms with Crippen LogP contribution in [0.5, 0.6) is 0 Å². The Morgan fingerprint density at radius 1 is 1.33 bits per heavy atom. The predicted molar refractivity (Wildman–Crippen MR) is 87.0 cm³/mol. The number of hydrogen-bond acceptors (Lipinski definition) is 3. The third-order valence-electron chi connectivity index (χ3n) is 4.41. The van der Waals surface area contributed by atoms with Crippen molar-refractivity contribution in [3.8, 4) is 0 Å². The lowest BCUT2D eigenvalue weighted by atomic mass is 9.88. The van der Waals surface area contributed by atoms with Gasteiger partial charge in [-0.25, -0.2) is 0 Å². The van der Waals surface area contributed by atoms with E-state index in [1.807, 2.05) is 0 Å². The maximum Gasteiger partial charge on any atom is 0.0850 e. The molecule has 1 atom stereocenters. The highest BCUT2D eigenvalue weighted by Gasteiger charge is 2.26. The summed E-state index contributed by atoms with van der Waals surface area (Å²) < 4.78 is 7.57. The van der Waals surface area contributed by atoms with Crippen molar-refractivity contribution in [3.05, 3.63) is 16.4 Å². The summed E-state index contributed by atoms with van der Waals surface area (Å²) >= 11 is 6.56. The third kappa shape index (κ3) is 3.99. The van der Waals surface area contributed by atoms with Crippen LogP contribution >= 0.6 is 11.6 Å². The summed E-state index contributed by atoms with van der Waals surface area (Å²) in [7, 11) is 0. The second-order valence-electron chi connectivity index (χ2n) is 5.69. The topological polar surface area (TPSA) is 39.1 Å². The molecule has 0 aliphatic carbocycles. The van der Waals surface area contributed by atoms with Crippen LogP contribution in [0.2, 0.25) is 5.02 Å². The molecule has 2 heterocycles. The molecule has 1 aromatic heterocycles. The minimum absolute atomic E-state index is 0.461. The summed E-state index contributed by atoms with van der Waals surface area (Å²) in [6, 6.07) is 0.461. The highest BCUT2D eigenvalue weighted by molar-refractivity contribution is 6.31. The average Bonchev–Trinajstić information content (AvgIpc) is 2.83. The fourth-order valence-corrected chi connectivity index (χ4v) is 3.55. The van der Waals surface area contributed by atoms with Gasteiger partial charge in [-0.3, -0.25) is 4.68 Å². The molecule has 5 heteroatoms. The molecule has 0 amide bonds. The molecule has 1 N–H and O–H groups in total. The molecule has 1 aliphatic heterocycles. The van der Waals surface area contributed by atoms with E-state index in [0.717, 1.165) is 62.7 Å². The first kappa shape index (κ1) is 16.8. The SMILES string of the molecule is CCNC(Cc1c(Cl)c(CC)nn1CC)C1CCOCC1. The minimum atomic E-state index is 0.461. The van der Waals surface area contributed by atoms with Gasteiger partial charge in [0, 0.05) is 32.2 Å². The van der Waals surface area contributed by atoms with Crippen LogP contribution in [0.15, 0.2) is 0 Å². The van der Waals surface area contributed by atoms with Crippen molar-refractivity contribution < 1.29 is 4.74 Å². The van der Waals surface area contributed by atoms with Crippen LogP contribution in [0, 0.1) is 5.92 Å². The lowest BCUT2D eigenvalue weighted by Crippen LogP contribution is -2.41. The maximum absolute atomic E-state index is 6.56. The Bertz CT molecular complexity index is 441. The molecule has 1 unspecified atom stereocenters. The van der Waals surface area contributed by atoms with Crippen LogP contribution in [-0.2, 0) is 24.1 Å². The minimum Gasteiger partial charge on any atom is -0.381 e. The zero-order valence-electron chi connectivity index (χ0n) is 13.5. The van der Waals surface area contributed by atoms with E-state index in [1.165, 1.54) is 5.69 Å². The van der Waals surface area contributed by atoms with Gasteiger partial charge in [-0.2, -0.15) is 5.10 Å². The van der Waals surface area contributed by atoms with E-state index < -0.39 is 0 Å². The van der Waals surface area contributed by atoms with Crippen molar-refractivity contribution in [2.75, 3.05) is 19.8 Å². The largest absolute Gasteiger partial charge is 0.381 e. The van der Waals surface area contributed by atoms with Gasteiger partial charge in [0.2, 0.25) is 0 Å². The number of nitrogens with one attached hydrogen (secondary N) is 1. The zero-order valence-corrected chi connectivity index (χ0v) is 14.2. The Hall–Kier alpha value is -0.580. The summed E-state index contributed by atoms with van der Waals surface area (Å²) in [6.07, 6.45) is 4.12. The molecule has 1 aliphatic rings. The van der Waals surface area contributed by atoms with Crippen molar-refractivity contribution >= 4 is 11.6 Å². The Morgan fingerprint density at radius 3 is 2.62 bits per heavy atom. The summed E-state index contributed by atoms with van der Waals surface area (Å²) in [5.41, 5.74) is 2.21. The van der Waals surface area contributed by atoms with Crippen molar-refractivity contribution in [2.24, 2.45) is 5.92 Å². The number of rotatable bonds is 7. The number of nitrogens with zero attached hydrogens (tertiary/aromatic N) is 2. The number of ether oxygens (including phenoxy) is 1. The number of likely N-dealkylation sites (N-methyl/N-ethyl adjacent to an activating group) is 1. The van der Waals surface area contributed by atoms with Crippen LogP contribution in [0.4, 0.5) is 0 Å². The molecule has 1 saturated heterocycles. The van der Waals surface area contributed by atoms with E-state index in [9.17, 15) is 0 Å². The number of hydrogen-bond donors (Lipinski definition) is 1. The van der Waals surface area contributed by atoms with Crippen molar-refractivity contribution in [1.29, 1.82) is 0 Å². The monoisotopic (exact) mass is 313 g/mol. The molecular weight excluding hydrogens is 286 g/mol. The normalized spacial score (nSPS) is 18.1. The molecule has 0 saturated carbocycles. The fraction of sp³-hybridized carbons (Fsp3) is 0.812. The molecule has 120 valence electrons. The van der Waals surface area contributed by atoms with Gasteiger partial charge in [-0.15, -0.1) is 0 Å². The number of aromatic nitrogens is 2. The van der Waals surface area contributed by atoms with Crippen LogP contribution in [0.25, 0.3) is 0 Å². The molecule has 1 fully saturated rings. The molecule has 2 rings (SSSR count). The lowest BCUT2D eigenvalue weighted by Gasteiger charge is -2.31. The van der Waals surface area contributed by atoms with Gasteiger partial charge >= 0.3 is 0 Å². The van der Waals surface area contributed by atoms with Crippen molar-refractivity contribution in [1.82, 2.24) is 15.1 Å². The van der Waals surface area contributed by atoms with Crippen LogP contribution in [0.3, 0.4) is 0 Å².